The maximum atomic E-state index is 11.9. The van der Waals surface area contributed by atoms with Gasteiger partial charge in [0.05, 0.1) is 6.07 Å². The molecule has 0 heterocycles. The minimum absolute atomic E-state index is 0.0652. The normalized spacial score (nSPS) is 13.1. The Bertz CT molecular complexity index is 525. The summed E-state index contributed by atoms with van der Waals surface area (Å²) >= 11 is 3.24. The number of nitriles is 1. The molecule has 19 heavy (non-hydrogen) atoms. The van der Waals surface area contributed by atoms with Crippen molar-refractivity contribution >= 4 is 27.8 Å². The van der Waals surface area contributed by atoms with Crippen molar-refractivity contribution < 1.29 is 14.7 Å². The maximum Gasteiger partial charge on any atom is 0.326 e. The molecular formula is C13H13BrN2O3. The first-order chi connectivity index (χ1) is 8.95. The van der Waals surface area contributed by atoms with Gasteiger partial charge in [0.15, 0.2) is 0 Å². The van der Waals surface area contributed by atoms with E-state index in [2.05, 4.69) is 21.2 Å². The molecule has 0 saturated heterocycles. The SMILES string of the molecule is C[C@@H](CC#N)[C@H](NC(=O)c1cccc(Br)c1)C(=O)O. The van der Waals surface area contributed by atoms with Gasteiger partial charge >= 0.3 is 5.97 Å². The Morgan fingerprint density at radius 1 is 1.53 bits per heavy atom. The third-order valence-corrected chi connectivity index (χ3v) is 3.12. The lowest BCUT2D eigenvalue weighted by Crippen LogP contribution is -2.45. The zero-order valence-corrected chi connectivity index (χ0v) is 11.8. The van der Waals surface area contributed by atoms with Gasteiger partial charge in [-0.2, -0.15) is 5.26 Å². The molecule has 0 aliphatic rings. The number of amides is 1. The Morgan fingerprint density at radius 2 is 2.21 bits per heavy atom. The fourth-order valence-electron chi connectivity index (χ4n) is 1.56. The van der Waals surface area contributed by atoms with Crippen molar-refractivity contribution in [3.63, 3.8) is 0 Å². The van der Waals surface area contributed by atoms with Gasteiger partial charge in [0, 0.05) is 22.4 Å². The van der Waals surface area contributed by atoms with Crippen molar-refractivity contribution in [3.8, 4) is 6.07 Å². The number of nitrogens with one attached hydrogen (secondary N) is 1. The van der Waals surface area contributed by atoms with Crippen LogP contribution in [0.5, 0.6) is 0 Å². The number of halogens is 1. The Hall–Kier alpha value is -1.87. The highest BCUT2D eigenvalue weighted by molar-refractivity contribution is 9.10. The van der Waals surface area contributed by atoms with E-state index in [1.807, 2.05) is 6.07 Å². The summed E-state index contributed by atoms with van der Waals surface area (Å²) in [6, 6.07) is 7.47. The molecule has 0 radical (unpaired) electrons. The quantitative estimate of drug-likeness (QED) is 0.868. The van der Waals surface area contributed by atoms with E-state index in [9.17, 15) is 9.59 Å². The van der Waals surface area contributed by atoms with E-state index in [0.717, 1.165) is 4.47 Å². The number of hydrogen-bond donors (Lipinski definition) is 2. The van der Waals surface area contributed by atoms with Crippen molar-refractivity contribution in [1.29, 1.82) is 5.26 Å². The zero-order chi connectivity index (χ0) is 14.4. The predicted molar refractivity (Wildman–Crippen MR) is 72.4 cm³/mol. The molecule has 0 aromatic heterocycles. The van der Waals surface area contributed by atoms with Crippen LogP contribution in [0.25, 0.3) is 0 Å². The fourth-order valence-corrected chi connectivity index (χ4v) is 1.96. The second kappa shape index (κ2) is 6.90. The number of rotatable bonds is 5. The van der Waals surface area contributed by atoms with Gasteiger partial charge in [0.25, 0.3) is 5.91 Å². The average Bonchev–Trinajstić information content (AvgIpc) is 2.35. The van der Waals surface area contributed by atoms with Crippen molar-refractivity contribution in [2.75, 3.05) is 0 Å². The topological polar surface area (TPSA) is 90.2 Å². The Kier molecular flexibility index (Phi) is 5.52. The Labute approximate surface area is 119 Å². The Balaban J connectivity index is 2.83. The zero-order valence-electron chi connectivity index (χ0n) is 10.3. The number of benzene rings is 1. The number of hydrogen-bond acceptors (Lipinski definition) is 3. The number of carboxylic acid groups (broad SMARTS) is 1. The summed E-state index contributed by atoms with van der Waals surface area (Å²) in [4.78, 5) is 23.1. The molecule has 0 bridgehead atoms. The highest BCUT2D eigenvalue weighted by atomic mass is 79.9. The standard InChI is InChI=1S/C13H13BrN2O3/c1-8(5-6-15)11(13(18)19)16-12(17)9-3-2-4-10(14)7-9/h2-4,7-8,11H,5H2,1H3,(H,16,17)(H,18,19)/t8-,11-/m0/s1. The number of carbonyl (C=O) groups is 2. The lowest BCUT2D eigenvalue weighted by atomic mass is 9.98. The van der Waals surface area contributed by atoms with Crippen LogP contribution in [0, 0.1) is 17.2 Å². The second-order valence-electron chi connectivity index (χ2n) is 4.14. The number of carbonyl (C=O) groups excluding carboxylic acids is 1. The average molecular weight is 325 g/mol. The molecule has 0 fully saturated rings. The van der Waals surface area contributed by atoms with Crippen LogP contribution in [0.4, 0.5) is 0 Å². The third-order valence-electron chi connectivity index (χ3n) is 2.62. The van der Waals surface area contributed by atoms with E-state index in [0.29, 0.717) is 5.56 Å². The summed E-state index contributed by atoms with van der Waals surface area (Å²) in [5, 5.41) is 20.1. The summed E-state index contributed by atoms with van der Waals surface area (Å²) in [6.07, 6.45) is 0.0652. The van der Waals surface area contributed by atoms with Crippen LogP contribution in [-0.2, 0) is 4.79 Å². The molecule has 2 atom stereocenters. The van der Waals surface area contributed by atoms with Crippen LogP contribution in [0.1, 0.15) is 23.7 Å². The van der Waals surface area contributed by atoms with Crippen LogP contribution in [0.15, 0.2) is 28.7 Å². The van der Waals surface area contributed by atoms with Gasteiger partial charge in [-0.15, -0.1) is 0 Å². The monoisotopic (exact) mass is 324 g/mol. The molecule has 0 aliphatic carbocycles. The van der Waals surface area contributed by atoms with Crippen molar-refractivity contribution in [3.05, 3.63) is 34.3 Å². The third kappa shape index (κ3) is 4.38. The van der Waals surface area contributed by atoms with Crippen LogP contribution < -0.4 is 5.32 Å². The minimum atomic E-state index is -1.15. The van der Waals surface area contributed by atoms with Gasteiger partial charge < -0.3 is 10.4 Å². The van der Waals surface area contributed by atoms with E-state index in [-0.39, 0.29) is 6.42 Å². The molecule has 0 unspecified atom stereocenters. The summed E-state index contributed by atoms with van der Waals surface area (Å²) in [5.41, 5.74) is 0.366. The molecule has 100 valence electrons. The molecule has 5 nitrogen and oxygen atoms in total. The lowest BCUT2D eigenvalue weighted by molar-refractivity contribution is -0.140. The number of aliphatic carboxylic acids is 1. The lowest BCUT2D eigenvalue weighted by Gasteiger charge is -2.19. The second-order valence-corrected chi connectivity index (χ2v) is 5.05. The molecule has 0 aliphatic heterocycles. The van der Waals surface area contributed by atoms with Crippen LogP contribution >= 0.6 is 15.9 Å². The highest BCUT2D eigenvalue weighted by Crippen LogP contribution is 2.13. The molecule has 1 amide bonds. The molecule has 1 aromatic carbocycles. The molecule has 1 rings (SSSR count). The van der Waals surface area contributed by atoms with E-state index in [1.54, 1.807) is 31.2 Å². The van der Waals surface area contributed by atoms with Crippen LogP contribution in [0.2, 0.25) is 0 Å². The first kappa shape index (κ1) is 15.2. The summed E-state index contributed by atoms with van der Waals surface area (Å²) in [5.74, 6) is -2.08. The van der Waals surface area contributed by atoms with E-state index in [1.165, 1.54) is 0 Å². The molecule has 2 N–H and O–H groups in total. The van der Waals surface area contributed by atoms with Gasteiger partial charge in [-0.05, 0) is 18.2 Å². The summed E-state index contributed by atoms with van der Waals surface area (Å²) in [6.45, 7) is 1.61. The van der Waals surface area contributed by atoms with Gasteiger partial charge in [0.2, 0.25) is 0 Å². The van der Waals surface area contributed by atoms with Gasteiger partial charge in [0.1, 0.15) is 6.04 Å². The molecular weight excluding hydrogens is 312 g/mol. The summed E-state index contributed by atoms with van der Waals surface area (Å²) < 4.78 is 0.733. The van der Waals surface area contributed by atoms with Crippen molar-refractivity contribution in [2.24, 2.45) is 5.92 Å². The first-order valence-electron chi connectivity index (χ1n) is 5.62. The Morgan fingerprint density at radius 3 is 2.74 bits per heavy atom. The summed E-state index contributed by atoms with van der Waals surface area (Å²) in [7, 11) is 0. The molecule has 6 heteroatoms. The number of carboxylic acids is 1. The molecule has 0 saturated carbocycles. The van der Waals surface area contributed by atoms with Crippen LogP contribution in [-0.4, -0.2) is 23.0 Å². The molecule has 0 spiro atoms. The predicted octanol–water partition coefficient (Wildman–Crippen LogP) is 2.18. The van der Waals surface area contributed by atoms with Gasteiger partial charge in [-0.25, -0.2) is 4.79 Å². The largest absolute Gasteiger partial charge is 0.480 e. The minimum Gasteiger partial charge on any atom is -0.480 e. The fraction of sp³-hybridized carbons (Fsp3) is 0.308. The van der Waals surface area contributed by atoms with Gasteiger partial charge in [-0.1, -0.05) is 28.9 Å². The van der Waals surface area contributed by atoms with E-state index in [4.69, 9.17) is 10.4 Å². The van der Waals surface area contributed by atoms with Crippen molar-refractivity contribution in [1.82, 2.24) is 5.32 Å². The van der Waals surface area contributed by atoms with Crippen LogP contribution in [0.3, 0.4) is 0 Å². The van der Waals surface area contributed by atoms with E-state index < -0.39 is 23.8 Å². The molecule has 1 aromatic rings. The van der Waals surface area contributed by atoms with Crippen molar-refractivity contribution in [2.45, 2.75) is 19.4 Å². The van der Waals surface area contributed by atoms with E-state index >= 15 is 0 Å². The smallest absolute Gasteiger partial charge is 0.326 e. The first-order valence-corrected chi connectivity index (χ1v) is 6.41. The van der Waals surface area contributed by atoms with Gasteiger partial charge in [-0.3, -0.25) is 4.79 Å². The number of nitrogens with zero attached hydrogens (tertiary/aromatic N) is 1. The maximum absolute atomic E-state index is 11.9. The highest BCUT2D eigenvalue weighted by Gasteiger charge is 2.26.